The molecule has 0 unspecified atom stereocenters. The van der Waals surface area contributed by atoms with Gasteiger partial charge in [-0.2, -0.15) is 0 Å². The van der Waals surface area contributed by atoms with E-state index in [0.29, 0.717) is 29.9 Å². The maximum absolute atomic E-state index is 12.2. The van der Waals surface area contributed by atoms with Crippen molar-refractivity contribution in [1.29, 1.82) is 0 Å². The predicted molar refractivity (Wildman–Crippen MR) is 89.9 cm³/mol. The van der Waals surface area contributed by atoms with E-state index >= 15 is 0 Å². The number of ether oxygens (including phenoxy) is 3. The molecule has 0 aliphatic heterocycles. The van der Waals surface area contributed by atoms with Crippen molar-refractivity contribution in [2.45, 2.75) is 26.7 Å². The molecule has 6 nitrogen and oxygen atoms in total. The predicted octanol–water partition coefficient (Wildman–Crippen LogP) is 3.46. The number of hydrogen-bond donors (Lipinski definition) is 0. The number of methoxy groups -OCH3 is 1. The van der Waals surface area contributed by atoms with Crippen molar-refractivity contribution in [2.75, 3.05) is 13.7 Å². The molecule has 1 aromatic heterocycles. The van der Waals surface area contributed by atoms with E-state index in [0.717, 1.165) is 6.42 Å². The van der Waals surface area contributed by atoms with E-state index in [4.69, 9.17) is 18.6 Å². The van der Waals surface area contributed by atoms with E-state index < -0.39 is 11.6 Å². The molecule has 0 amide bonds. The van der Waals surface area contributed by atoms with Crippen LogP contribution in [0.25, 0.3) is 11.0 Å². The van der Waals surface area contributed by atoms with Gasteiger partial charge in [-0.15, -0.1) is 0 Å². The van der Waals surface area contributed by atoms with Crippen LogP contribution in [0.1, 0.15) is 26.7 Å². The number of carbonyl (C=O) groups excluding carboxylic acids is 1. The lowest BCUT2D eigenvalue weighted by molar-refractivity contribution is -0.131. The molecule has 0 aliphatic carbocycles. The van der Waals surface area contributed by atoms with Gasteiger partial charge in [-0.3, -0.25) is 4.79 Å². The Morgan fingerprint density at radius 3 is 2.71 bits per heavy atom. The summed E-state index contributed by atoms with van der Waals surface area (Å²) < 4.78 is 21.1. The number of esters is 1. The molecule has 2 aromatic rings. The third kappa shape index (κ3) is 4.16. The minimum absolute atomic E-state index is 0.0372. The summed E-state index contributed by atoms with van der Waals surface area (Å²) in [4.78, 5) is 23.2. The number of allylic oxidation sites excluding steroid dienone is 1. The summed E-state index contributed by atoms with van der Waals surface area (Å²) in [6.45, 7) is 3.68. The van der Waals surface area contributed by atoms with Crippen molar-refractivity contribution in [3.05, 3.63) is 40.8 Å². The highest BCUT2D eigenvalue weighted by Crippen LogP contribution is 2.34. The van der Waals surface area contributed by atoms with Crippen LogP contribution in [0.5, 0.6) is 17.2 Å². The lowest BCUT2D eigenvalue weighted by Crippen LogP contribution is -2.10. The highest BCUT2D eigenvalue weighted by atomic mass is 16.5. The van der Waals surface area contributed by atoms with Gasteiger partial charge in [0.25, 0.3) is 0 Å². The molecule has 128 valence electrons. The van der Waals surface area contributed by atoms with Crippen LogP contribution in [-0.4, -0.2) is 19.7 Å². The summed E-state index contributed by atoms with van der Waals surface area (Å²) in [5.74, 6) is 0.174. The van der Waals surface area contributed by atoms with Crippen LogP contribution in [-0.2, 0) is 4.79 Å². The van der Waals surface area contributed by atoms with Gasteiger partial charge in [0.05, 0.1) is 19.1 Å². The van der Waals surface area contributed by atoms with Gasteiger partial charge >= 0.3 is 11.6 Å². The van der Waals surface area contributed by atoms with Crippen LogP contribution >= 0.6 is 0 Å². The number of fused-ring (bicyclic) bond motifs is 1. The largest absolute Gasteiger partial charge is 0.492 e. The monoisotopic (exact) mass is 332 g/mol. The Bertz CT molecular complexity index is 803. The second-order valence-electron chi connectivity index (χ2n) is 5.02. The van der Waals surface area contributed by atoms with Gasteiger partial charge in [0, 0.05) is 13.0 Å². The Kier molecular flexibility index (Phi) is 6.01. The Labute approximate surface area is 139 Å². The van der Waals surface area contributed by atoms with E-state index in [-0.39, 0.29) is 11.3 Å². The minimum atomic E-state index is -0.640. The first kappa shape index (κ1) is 17.6. The first-order valence-electron chi connectivity index (χ1n) is 7.67. The van der Waals surface area contributed by atoms with Crippen LogP contribution in [0.2, 0.25) is 0 Å². The summed E-state index contributed by atoms with van der Waals surface area (Å²) in [7, 11) is 1.46. The van der Waals surface area contributed by atoms with Crippen LogP contribution in [0.15, 0.2) is 39.6 Å². The van der Waals surface area contributed by atoms with Crippen molar-refractivity contribution in [3.63, 3.8) is 0 Å². The summed E-state index contributed by atoms with van der Waals surface area (Å²) in [5, 5.41) is 0.562. The van der Waals surface area contributed by atoms with Crippen LogP contribution in [0, 0.1) is 0 Å². The van der Waals surface area contributed by atoms with Gasteiger partial charge in [-0.25, -0.2) is 4.79 Å². The van der Waals surface area contributed by atoms with E-state index in [1.54, 1.807) is 12.1 Å². The van der Waals surface area contributed by atoms with Gasteiger partial charge in [0.15, 0.2) is 5.75 Å². The highest BCUT2D eigenvalue weighted by molar-refractivity contribution is 5.87. The molecule has 1 heterocycles. The fraction of sp³-hybridized carbons (Fsp3) is 0.333. The fourth-order valence-electron chi connectivity index (χ4n) is 2.21. The fourth-order valence-corrected chi connectivity index (χ4v) is 2.21. The normalized spacial score (nSPS) is 11.0. The molecule has 6 heteroatoms. The molecule has 1 aromatic carbocycles. The average molecular weight is 332 g/mol. The Balaban J connectivity index is 2.35. The smallest absolute Gasteiger partial charge is 0.383 e. The van der Waals surface area contributed by atoms with Crippen molar-refractivity contribution in [1.82, 2.24) is 0 Å². The first-order chi connectivity index (χ1) is 11.6. The van der Waals surface area contributed by atoms with E-state index in [1.807, 2.05) is 19.1 Å². The Morgan fingerprint density at radius 2 is 2.04 bits per heavy atom. The number of rotatable bonds is 7. The Morgan fingerprint density at radius 1 is 1.25 bits per heavy atom. The molecule has 24 heavy (non-hydrogen) atoms. The molecule has 0 radical (unpaired) electrons. The van der Waals surface area contributed by atoms with E-state index in [9.17, 15) is 9.59 Å². The SMILES string of the molecule is CC/C=C/CCOc1c(OC)c2ccc(OC(C)=O)cc2oc1=O. The lowest BCUT2D eigenvalue weighted by atomic mass is 10.2. The molecule has 0 saturated carbocycles. The molecule has 0 aliphatic rings. The average Bonchev–Trinajstić information content (AvgIpc) is 2.54. The summed E-state index contributed by atoms with van der Waals surface area (Å²) in [5.41, 5.74) is -0.382. The maximum atomic E-state index is 12.2. The molecular formula is C18H20O6. The van der Waals surface area contributed by atoms with E-state index in [1.165, 1.54) is 20.1 Å². The van der Waals surface area contributed by atoms with Crippen molar-refractivity contribution >= 4 is 16.9 Å². The quantitative estimate of drug-likeness (QED) is 0.254. The van der Waals surface area contributed by atoms with E-state index in [2.05, 4.69) is 0 Å². The molecule has 0 saturated heterocycles. The van der Waals surface area contributed by atoms with Gasteiger partial charge < -0.3 is 18.6 Å². The van der Waals surface area contributed by atoms with Crippen LogP contribution in [0.4, 0.5) is 0 Å². The number of carbonyl (C=O) groups is 1. The molecule has 0 spiro atoms. The summed E-state index contributed by atoms with van der Waals surface area (Å²) >= 11 is 0. The number of hydrogen-bond acceptors (Lipinski definition) is 6. The van der Waals surface area contributed by atoms with Crippen molar-refractivity contribution in [3.8, 4) is 17.2 Å². The zero-order chi connectivity index (χ0) is 17.5. The topological polar surface area (TPSA) is 75.0 Å². The number of benzene rings is 1. The Hall–Kier alpha value is -2.76. The summed E-state index contributed by atoms with van der Waals surface area (Å²) in [6.07, 6.45) is 5.65. The zero-order valence-electron chi connectivity index (χ0n) is 14.0. The van der Waals surface area contributed by atoms with Crippen LogP contribution in [0.3, 0.4) is 0 Å². The standard InChI is InChI=1S/C18H20O6/c1-4-5-6-7-10-22-17-16(21-3)14-9-8-13(23-12(2)19)11-15(14)24-18(17)20/h5-6,8-9,11H,4,7,10H2,1-3H3/b6-5+. The molecular weight excluding hydrogens is 312 g/mol. The van der Waals surface area contributed by atoms with Crippen molar-refractivity contribution < 1.29 is 23.4 Å². The third-order valence-corrected chi connectivity index (χ3v) is 3.19. The van der Waals surface area contributed by atoms with Gasteiger partial charge in [-0.1, -0.05) is 19.1 Å². The van der Waals surface area contributed by atoms with Gasteiger partial charge in [0.2, 0.25) is 5.75 Å². The van der Waals surface area contributed by atoms with Gasteiger partial charge in [-0.05, 0) is 25.0 Å². The minimum Gasteiger partial charge on any atom is -0.492 e. The van der Waals surface area contributed by atoms with Gasteiger partial charge in [0.1, 0.15) is 11.3 Å². The third-order valence-electron chi connectivity index (χ3n) is 3.19. The maximum Gasteiger partial charge on any atom is 0.383 e. The molecule has 0 atom stereocenters. The van der Waals surface area contributed by atoms with Crippen LogP contribution < -0.4 is 19.8 Å². The second kappa shape index (κ2) is 8.19. The summed E-state index contributed by atoms with van der Waals surface area (Å²) in [6, 6.07) is 4.72. The molecule has 0 N–H and O–H groups in total. The zero-order valence-corrected chi connectivity index (χ0v) is 14.0. The lowest BCUT2D eigenvalue weighted by Gasteiger charge is -2.11. The second-order valence-corrected chi connectivity index (χ2v) is 5.02. The molecule has 0 fully saturated rings. The highest BCUT2D eigenvalue weighted by Gasteiger charge is 2.17. The first-order valence-corrected chi connectivity index (χ1v) is 7.67. The van der Waals surface area contributed by atoms with Crippen molar-refractivity contribution in [2.24, 2.45) is 0 Å². The molecule has 0 bridgehead atoms. The molecule has 2 rings (SSSR count).